The molecule has 1 aromatic rings. The molecule has 1 amide bonds. The van der Waals surface area contributed by atoms with Crippen LogP contribution < -0.4 is 11.1 Å². The minimum Gasteiger partial charge on any atom is -0.355 e. The number of nitrogens with two attached hydrogens (primary N) is 1. The van der Waals surface area contributed by atoms with Crippen LogP contribution in [0.3, 0.4) is 0 Å². The molecule has 0 aliphatic carbocycles. The lowest BCUT2D eigenvalue weighted by molar-refractivity contribution is -0.126. The molecule has 1 aliphatic heterocycles. The fraction of sp³-hybridized carbons (Fsp3) is 0.750. The lowest BCUT2D eigenvalue weighted by atomic mass is 9.97. The van der Waals surface area contributed by atoms with Gasteiger partial charge in [0.1, 0.15) is 12.2 Å². The van der Waals surface area contributed by atoms with E-state index in [1.165, 1.54) is 0 Å². The Labute approximate surface area is 113 Å². The number of hydrogen-bond donors (Lipinski definition) is 2. The van der Waals surface area contributed by atoms with E-state index in [0.717, 1.165) is 38.3 Å². The first kappa shape index (κ1) is 14.0. The monoisotopic (exact) mass is 266 g/mol. The average Bonchev–Trinajstić information content (AvgIpc) is 2.82. The van der Waals surface area contributed by atoms with Crippen molar-refractivity contribution < 1.29 is 4.79 Å². The fourth-order valence-electron chi connectivity index (χ4n) is 2.40. The first-order valence-electron chi connectivity index (χ1n) is 6.73. The number of hydrogen-bond acceptors (Lipinski definition) is 5. The second kappa shape index (κ2) is 6.63. The van der Waals surface area contributed by atoms with E-state index in [1.807, 2.05) is 11.6 Å². The summed E-state index contributed by atoms with van der Waals surface area (Å²) in [4.78, 5) is 14.2. The van der Waals surface area contributed by atoms with Crippen molar-refractivity contribution in [3.8, 4) is 0 Å². The van der Waals surface area contributed by atoms with E-state index in [1.54, 1.807) is 6.33 Å². The Morgan fingerprint density at radius 3 is 3.16 bits per heavy atom. The van der Waals surface area contributed by atoms with Gasteiger partial charge in [-0.1, -0.05) is 0 Å². The van der Waals surface area contributed by atoms with E-state index in [4.69, 9.17) is 5.73 Å². The molecule has 1 unspecified atom stereocenters. The zero-order valence-corrected chi connectivity index (χ0v) is 11.4. The third-order valence-electron chi connectivity index (χ3n) is 3.49. The Hall–Kier alpha value is -1.47. The van der Waals surface area contributed by atoms with Gasteiger partial charge in [-0.2, -0.15) is 0 Å². The maximum Gasteiger partial charge on any atom is 0.224 e. The highest BCUT2D eigenvalue weighted by molar-refractivity contribution is 5.78. The molecule has 2 rings (SSSR count). The molecule has 1 saturated heterocycles. The van der Waals surface area contributed by atoms with E-state index in [0.29, 0.717) is 13.1 Å². The number of carbonyl (C=O) groups excluding carboxylic acids is 1. The van der Waals surface area contributed by atoms with Crippen molar-refractivity contribution in [3.05, 3.63) is 12.2 Å². The second-order valence-corrected chi connectivity index (χ2v) is 5.01. The van der Waals surface area contributed by atoms with Crippen molar-refractivity contribution in [2.24, 2.45) is 18.7 Å². The van der Waals surface area contributed by atoms with Crippen LogP contribution in [0.15, 0.2) is 6.33 Å². The van der Waals surface area contributed by atoms with Gasteiger partial charge in [0.15, 0.2) is 0 Å². The van der Waals surface area contributed by atoms with Crippen LogP contribution >= 0.6 is 0 Å². The summed E-state index contributed by atoms with van der Waals surface area (Å²) in [5.41, 5.74) is 5.40. The first-order chi connectivity index (χ1) is 9.20. The molecule has 106 valence electrons. The highest BCUT2D eigenvalue weighted by Crippen LogP contribution is 2.18. The molecule has 1 fully saturated rings. The van der Waals surface area contributed by atoms with Crippen LogP contribution in [0.25, 0.3) is 0 Å². The largest absolute Gasteiger partial charge is 0.355 e. The van der Waals surface area contributed by atoms with Gasteiger partial charge in [0.2, 0.25) is 5.91 Å². The van der Waals surface area contributed by atoms with Crippen LogP contribution in [-0.2, 0) is 18.4 Å². The summed E-state index contributed by atoms with van der Waals surface area (Å²) < 4.78 is 1.91. The van der Waals surface area contributed by atoms with Crippen LogP contribution in [0.1, 0.15) is 18.7 Å². The van der Waals surface area contributed by atoms with Crippen molar-refractivity contribution in [2.45, 2.75) is 19.4 Å². The Bertz CT molecular complexity index is 418. The molecular formula is C12H22N6O. The second-order valence-electron chi connectivity index (χ2n) is 5.01. The van der Waals surface area contributed by atoms with E-state index >= 15 is 0 Å². The highest BCUT2D eigenvalue weighted by atomic mass is 16.1. The number of piperidine rings is 1. The van der Waals surface area contributed by atoms with Crippen LogP contribution in [-0.4, -0.2) is 51.8 Å². The molecule has 3 N–H and O–H groups in total. The van der Waals surface area contributed by atoms with Gasteiger partial charge in [0.25, 0.3) is 0 Å². The first-order valence-corrected chi connectivity index (χ1v) is 6.73. The van der Waals surface area contributed by atoms with Gasteiger partial charge in [-0.3, -0.25) is 9.69 Å². The normalized spacial score (nSPS) is 20.4. The van der Waals surface area contributed by atoms with Gasteiger partial charge in [0.05, 0.1) is 12.5 Å². The summed E-state index contributed by atoms with van der Waals surface area (Å²) in [6, 6.07) is 0. The number of carbonyl (C=O) groups is 1. The minimum atomic E-state index is 0.0635. The van der Waals surface area contributed by atoms with Crippen molar-refractivity contribution >= 4 is 5.91 Å². The van der Waals surface area contributed by atoms with Crippen molar-refractivity contribution in [2.75, 3.05) is 26.2 Å². The summed E-state index contributed by atoms with van der Waals surface area (Å²) >= 11 is 0. The maximum atomic E-state index is 11.9. The van der Waals surface area contributed by atoms with Crippen molar-refractivity contribution in [1.29, 1.82) is 0 Å². The molecule has 2 heterocycles. The molecule has 0 radical (unpaired) electrons. The molecule has 0 saturated carbocycles. The molecule has 1 aromatic heterocycles. The van der Waals surface area contributed by atoms with Gasteiger partial charge in [-0.05, 0) is 19.4 Å². The summed E-state index contributed by atoms with van der Waals surface area (Å²) in [5, 5.41) is 10.8. The third kappa shape index (κ3) is 3.74. The number of aryl methyl sites for hydroxylation is 1. The zero-order valence-electron chi connectivity index (χ0n) is 11.4. The van der Waals surface area contributed by atoms with Gasteiger partial charge in [0, 0.05) is 26.7 Å². The van der Waals surface area contributed by atoms with Gasteiger partial charge in [-0.25, -0.2) is 0 Å². The molecule has 0 bridgehead atoms. The summed E-state index contributed by atoms with van der Waals surface area (Å²) in [7, 11) is 1.94. The SMILES string of the molecule is Cn1cnnc1CN1CCCC(C(=O)NCCN)C1. The Morgan fingerprint density at radius 2 is 2.47 bits per heavy atom. The van der Waals surface area contributed by atoms with Crippen molar-refractivity contribution in [1.82, 2.24) is 25.0 Å². The topological polar surface area (TPSA) is 89.1 Å². The zero-order chi connectivity index (χ0) is 13.7. The molecule has 19 heavy (non-hydrogen) atoms. The lowest BCUT2D eigenvalue weighted by Gasteiger charge is -2.31. The number of amides is 1. The Kier molecular flexibility index (Phi) is 4.86. The minimum absolute atomic E-state index is 0.0635. The fourth-order valence-corrected chi connectivity index (χ4v) is 2.40. The van der Waals surface area contributed by atoms with Crippen LogP contribution in [0.4, 0.5) is 0 Å². The molecule has 0 aromatic carbocycles. The number of nitrogens with zero attached hydrogens (tertiary/aromatic N) is 4. The van der Waals surface area contributed by atoms with Gasteiger partial charge < -0.3 is 15.6 Å². The predicted molar refractivity (Wildman–Crippen MR) is 71.1 cm³/mol. The predicted octanol–water partition coefficient (Wildman–Crippen LogP) is -0.898. The van der Waals surface area contributed by atoms with Crippen LogP contribution in [0.5, 0.6) is 0 Å². The average molecular weight is 266 g/mol. The van der Waals surface area contributed by atoms with E-state index in [-0.39, 0.29) is 11.8 Å². The molecule has 1 atom stereocenters. The smallest absolute Gasteiger partial charge is 0.224 e. The standard InChI is InChI=1S/C12H22N6O/c1-17-9-15-16-11(17)8-18-6-2-3-10(7-18)12(19)14-5-4-13/h9-10H,2-8,13H2,1H3,(H,14,19). The maximum absolute atomic E-state index is 11.9. The third-order valence-corrected chi connectivity index (χ3v) is 3.49. The highest BCUT2D eigenvalue weighted by Gasteiger charge is 2.26. The molecule has 0 spiro atoms. The van der Waals surface area contributed by atoms with Crippen LogP contribution in [0, 0.1) is 5.92 Å². The summed E-state index contributed by atoms with van der Waals surface area (Å²) in [6.45, 7) is 3.58. The lowest BCUT2D eigenvalue weighted by Crippen LogP contribution is -2.43. The van der Waals surface area contributed by atoms with Crippen molar-refractivity contribution in [3.63, 3.8) is 0 Å². The molecule has 7 nitrogen and oxygen atoms in total. The quantitative estimate of drug-likeness (QED) is 0.721. The molecule has 7 heteroatoms. The number of rotatable bonds is 5. The summed E-state index contributed by atoms with van der Waals surface area (Å²) in [5.74, 6) is 1.12. The van der Waals surface area contributed by atoms with E-state index in [9.17, 15) is 4.79 Å². The van der Waals surface area contributed by atoms with Gasteiger partial charge >= 0.3 is 0 Å². The van der Waals surface area contributed by atoms with Crippen LogP contribution in [0.2, 0.25) is 0 Å². The Morgan fingerprint density at radius 1 is 1.63 bits per heavy atom. The van der Waals surface area contributed by atoms with E-state index in [2.05, 4.69) is 20.4 Å². The number of likely N-dealkylation sites (tertiary alicyclic amines) is 1. The molecule has 1 aliphatic rings. The van der Waals surface area contributed by atoms with Gasteiger partial charge in [-0.15, -0.1) is 10.2 Å². The molecular weight excluding hydrogens is 244 g/mol. The number of aromatic nitrogens is 3. The summed E-state index contributed by atoms with van der Waals surface area (Å²) in [6.07, 6.45) is 3.69. The number of nitrogens with one attached hydrogen (secondary N) is 1. The van der Waals surface area contributed by atoms with E-state index < -0.39 is 0 Å². The Balaban J connectivity index is 1.86.